The number of para-hydroxylation sites is 1. The van der Waals surface area contributed by atoms with Gasteiger partial charge in [-0.1, -0.05) is 47.1 Å². The fourth-order valence-electron chi connectivity index (χ4n) is 2.05. The number of rotatable bonds is 7. The largest absolute Gasteiger partial charge is 0.457 e. The van der Waals surface area contributed by atoms with E-state index < -0.39 is 0 Å². The number of benzene rings is 2. The van der Waals surface area contributed by atoms with E-state index in [1.807, 2.05) is 36.4 Å². The molecular weight excluding hydrogens is 330 g/mol. The third kappa shape index (κ3) is 4.56. The van der Waals surface area contributed by atoms with Crippen LogP contribution >= 0.6 is 15.9 Å². The number of ether oxygens (including phenoxy) is 1. The Bertz CT molecular complexity index is 587. The molecule has 0 aliphatic rings. The molecule has 0 spiro atoms. The number of hydrogen-bond donors (Lipinski definition) is 2. The van der Waals surface area contributed by atoms with Crippen LogP contribution in [0.15, 0.2) is 46.9 Å². The monoisotopic (exact) mass is 349 g/mol. The quantitative estimate of drug-likeness (QED) is 0.796. The number of hydrogen-bond acceptors (Lipinski definition) is 3. The molecule has 0 fully saturated rings. The second-order valence-corrected chi connectivity index (χ2v) is 5.57. The first-order chi connectivity index (χ1) is 10.2. The second kappa shape index (κ2) is 8.17. The van der Waals surface area contributed by atoms with Crippen molar-refractivity contribution >= 4 is 15.9 Å². The van der Waals surface area contributed by atoms with Gasteiger partial charge in [-0.05, 0) is 42.3 Å². The molecule has 0 aromatic heterocycles. The minimum absolute atomic E-state index is 0.117. The predicted molar refractivity (Wildman–Crippen MR) is 88.8 cm³/mol. The molecule has 2 N–H and O–H groups in total. The van der Waals surface area contributed by atoms with Gasteiger partial charge in [0.15, 0.2) is 0 Å². The van der Waals surface area contributed by atoms with Gasteiger partial charge in [-0.25, -0.2) is 0 Å². The lowest BCUT2D eigenvalue weighted by molar-refractivity contribution is 0.298. The van der Waals surface area contributed by atoms with Crippen LogP contribution in [0.4, 0.5) is 0 Å². The topological polar surface area (TPSA) is 41.5 Å². The van der Waals surface area contributed by atoms with Crippen molar-refractivity contribution in [2.75, 3.05) is 13.2 Å². The third-order valence-corrected chi connectivity index (χ3v) is 3.91. The van der Waals surface area contributed by atoms with E-state index in [2.05, 4.69) is 34.2 Å². The Morgan fingerprint density at radius 3 is 2.67 bits per heavy atom. The van der Waals surface area contributed by atoms with Gasteiger partial charge in [-0.15, -0.1) is 0 Å². The van der Waals surface area contributed by atoms with Crippen LogP contribution in [-0.2, 0) is 13.0 Å². The maximum atomic E-state index is 9.10. The van der Waals surface area contributed by atoms with E-state index in [1.165, 1.54) is 5.56 Å². The van der Waals surface area contributed by atoms with E-state index in [-0.39, 0.29) is 6.61 Å². The summed E-state index contributed by atoms with van der Waals surface area (Å²) in [7, 11) is 0. The Morgan fingerprint density at radius 1 is 1.14 bits per heavy atom. The van der Waals surface area contributed by atoms with E-state index >= 15 is 0 Å². The molecule has 2 aromatic carbocycles. The Labute approximate surface area is 134 Å². The molecule has 0 radical (unpaired) electrons. The maximum Gasteiger partial charge on any atom is 0.130 e. The zero-order valence-corrected chi connectivity index (χ0v) is 13.7. The molecule has 0 unspecified atom stereocenters. The molecule has 3 nitrogen and oxygen atoms in total. The molecule has 4 heteroatoms. The molecular formula is C17H20BrNO2. The summed E-state index contributed by atoms with van der Waals surface area (Å²) in [6, 6.07) is 13.8. The van der Waals surface area contributed by atoms with Crippen LogP contribution in [0.5, 0.6) is 11.5 Å². The zero-order valence-electron chi connectivity index (χ0n) is 12.1. The van der Waals surface area contributed by atoms with Gasteiger partial charge in [-0.2, -0.15) is 0 Å². The molecule has 2 rings (SSSR count). The molecule has 112 valence electrons. The van der Waals surface area contributed by atoms with E-state index in [4.69, 9.17) is 9.84 Å². The normalized spacial score (nSPS) is 10.6. The van der Waals surface area contributed by atoms with Gasteiger partial charge in [0.25, 0.3) is 0 Å². The molecule has 21 heavy (non-hydrogen) atoms. The molecule has 0 amide bonds. The highest BCUT2D eigenvalue weighted by atomic mass is 79.9. The van der Waals surface area contributed by atoms with Crippen molar-refractivity contribution < 1.29 is 9.84 Å². The number of halogens is 1. The van der Waals surface area contributed by atoms with Gasteiger partial charge >= 0.3 is 0 Å². The first kappa shape index (κ1) is 16.0. The van der Waals surface area contributed by atoms with Crippen LogP contribution in [0.2, 0.25) is 0 Å². The van der Waals surface area contributed by atoms with Crippen molar-refractivity contribution in [3.05, 3.63) is 58.1 Å². The van der Waals surface area contributed by atoms with Gasteiger partial charge < -0.3 is 15.2 Å². The van der Waals surface area contributed by atoms with E-state index in [9.17, 15) is 0 Å². The van der Waals surface area contributed by atoms with Crippen LogP contribution in [0, 0.1) is 0 Å². The van der Waals surface area contributed by atoms with E-state index in [0.717, 1.165) is 34.6 Å². The smallest absolute Gasteiger partial charge is 0.130 e. The molecule has 0 saturated heterocycles. The van der Waals surface area contributed by atoms with Crippen LogP contribution in [0.3, 0.4) is 0 Å². The highest BCUT2D eigenvalue weighted by Crippen LogP contribution is 2.29. The summed E-state index contributed by atoms with van der Waals surface area (Å²) < 4.78 is 6.97. The van der Waals surface area contributed by atoms with Gasteiger partial charge in [0.2, 0.25) is 0 Å². The standard InChI is InChI=1S/C17H20BrNO2/c1-2-19-12-14-7-8-15(11-16(14)18)21-17-6-4-3-5-13(17)9-10-20/h3-8,11,19-20H,2,9-10,12H2,1H3. The Hall–Kier alpha value is -1.36. The van der Waals surface area contributed by atoms with Gasteiger partial charge in [0, 0.05) is 17.6 Å². The van der Waals surface area contributed by atoms with Crippen LogP contribution < -0.4 is 10.1 Å². The van der Waals surface area contributed by atoms with Crippen molar-refractivity contribution in [1.82, 2.24) is 5.32 Å². The van der Waals surface area contributed by atoms with Crippen molar-refractivity contribution in [2.24, 2.45) is 0 Å². The average molecular weight is 350 g/mol. The number of aliphatic hydroxyl groups is 1. The average Bonchev–Trinajstić information content (AvgIpc) is 2.49. The summed E-state index contributed by atoms with van der Waals surface area (Å²) in [5.41, 5.74) is 2.21. The highest BCUT2D eigenvalue weighted by molar-refractivity contribution is 9.10. The molecule has 0 saturated carbocycles. The summed E-state index contributed by atoms with van der Waals surface area (Å²) in [5.74, 6) is 1.57. The lowest BCUT2D eigenvalue weighted by Crippen LogP contribution is -2.12. The van der Waals surface area contributed by atoms with Crippen LogP contribution in [0.1, 0.15) is 18.1 Å². The molecule has 0 bridgehead atoms. The van der Waals surface area contributed by atoms with Gasteiger partial charge in [0.05, 0.1) is 0 Å². The van der Waals surface area contributed by atoms with Gasteiger partial charge in [0.1, 0.15) is 11.5 Å². The predicted octanol–water partition coefficient (Wildman–Crippen LogP) is 3.89. The Balaban J connectivity index is 2.15. The molecule has 0 atom stereocenters. The molecule has 2 aromatic rings. The zero-order chi connectivity index (χ0) is 15.1. The Morgan fingerprint density at radius 2 is 1.95 bits per heavy atom. The van der Waals surface area contributed by atoms with Crippen molar-refractivity contribution in [3.8, 4) is 11.5 Å². The molecule has 0 aliphatic carbocycles. The minimum atomic E-state index is 0.117. The first-order valence-electron chi connectivity index (χ1n) is 7.10. The van der Waals surface area contributed by atoms with Gasteiger partial charge in [-0.3, -0.25) is 0 Å². The summed E-state index contributed by atoms with van der Waals surface area (Å²) in [4.78, 5) is 0. The first-order valence-corrected chi connectivity index (χ1v) is 7.89. The fourth-order valence-corrected chi connectivity index (χ4v) is 2.55. The van der Waals surface area contributed by atoms with Crippen LogP contribution in [0.25, 0.3) is 0 Å². The second-order valence-electron chi connectivity index (χ2n) is 4.72. The lowest BCUT2D eigenvalue weighted by Gasteiger charge is -2.12. The van der Waals surface area contributed by atoms with E-state index in [0.29, 0.717) is 6.42 Å². The number of aliphatic hydroxyl groups excluding tert-OH is 1. The maximum absolute atomic E-state index is 9.10. The van der Waals surface area contributed by atoms with Crippen molar-refractivity contribution in [2.45, 2.75) is 19.9 Å². The third-order valence-electron chi connectivity index (χ3n) is 3.17. The summed E-state index contributed by atoms with van der Waals surface area (Å²) in [6.45, 7) is 3.98. The fraction of sp³-hybridized carbons (Fsp3) is 0.294. The number of nitrogens with one attached hydrogen (secondary N) is 1. The summed E-state index contributed by atoms with van der Waals surface area (Å²) >= 11 is 3.58. The van der Waals surface area contributed by atoms with Crippen molar-refractivity contribution in [3.63, 3.8) is 0 Å². The lowest BCUT2D eigenvalue weighted by atomic mass is 10.1. The minimum Gasteiger partial charge on any atom is -0.457 e. The van der Waals surface area contributed by atoms with E-state index in [1.54, 1.807) is 0 Å². The summed E-state index contributed by atoms with van der Waals surface area (Å²) in [5, 5.41) is 12.4. The highest BCUT2D eigenvalue weighted by Gasteiger charge is 2.06. The molecule has 0 aliphatic heterocycles. The summed E-state index contributed by atoms with van der Waals surface area (Å²) in [6.07, 6.45) is 0.593. The Kier molecular flexibility index (Phi) is 6.23. The molecule has 0 heterocycles. The SMILES string of the molecule is CCNCc1ccc(Oc2ccccc2CCO)cc1Br. The van der Waals surface area contributed by atoms with Crippen LogP contribution in [-0.4, -0.2) is 18.3 Å². The van der Waals surface area contributed by atoms with Crippen molar-refractivity contribution in [1.29, 1.82) is 0 Å².